The molecule has 2 aromatic carbocycles. The summed E-state index contributed by atoms with van der Waals surface area (Å²) in [5.41, 5.74) is 5.19. The predicted molar refractivity (Wildman–Crippen MR) is 121 cm³/mol. The summed E-state index contributed by atoms with van der Waals surface area (Å²) >= 11 is 0. The van der Waals surface area contributed by atoms with Gasteiger partial charge in [0.05, 0.1) is 0 Å². The molecule has 2 aromatic rings. The highest BCUT2D eigenvalue weighted by Crippen LogP contribution is 2.43. The molecule has 2 nitrogen and oxygen atoms in total. The van der Waals surface area contributed by atoms with E-state index in [-0.39, 0.29) is 5.97 Å². The largest absolute Gasteiger partial charge is 0.423 e. The Morgan fingerprint density at radius 2 is 1.39 bits per heavy atom. The van der Waals surface area contributed by atoms with Gasteiger partial charge in [-0.1, -0.05) is 75.5 Å². The molecule has 0 heterocycles. The highest BCUT2D eigenvalue weighted by atomic mass is 28.3. The van der Waals surface area contributed by atoms with Gasteiger partial charge in [0.25, 0.3) is 0 Å². The molecule has 0 spiro atoms. The van der Waals surface area contributed by atoms with Crippen molar-refractivity contribution in [1.29, 1.82) is 0 Å². The number of hydrogen-bond acceptors (Lipinski definition) is 2. The van der Waals surface area contributed by atoms with Crippen LogP contribution in [0.1, 0.15) is 44.1 Å². The molecule has 1 aliphatic rings. The summed E-state index contributed by atoms with van der Waals surface area (Å²) in [6.07, 6.45) is 5.45. The molecule has 0 saturated heterocycles. The van der Waals surface area contributed by atoms with Crippen LogP contribution in [0.15, 0.2) is 60.7 Å². The summed E-state index contributed by atoms with van der Waals surface area (Å²) < 4.78 is 5.26. The highest BCUT2D eigenvalue weighted by Gasteiger charge is 2.31. The van der Waals surface area contributed by atoms with E-state index in [1.807, 2.05) is 24.3 Å². The van der Waals surface area contributed by atoms with Crippen LogP contribution in [-0.2, 0) is 4.79 Å². The minimum absolute atomic E-state index is 0.388. The fourth-order valence-corrected chi connectivity index (χ4v) is 6.22. The van der Waals surface area contributed by atoms with Crippen molar-refractivity contribution in [2.24, 2.45) is 0 Å². The summed E-state index contributed by atoms with van der Waals surface area (Å²) in [6.45, 7) is 12.8. The van der Waals surface area contributed by atoms with Crippen LogP contribution in [-0.4, -0.2) is 14.0 Å². The molecule has 1 saturated carbocycles. The maximum atomic E-state index is 11.6. The second-order valence-corrected chi connectivity index (χ2v) is 14.8. The Balaban J connectivity index is 1.63. The zero-order chi connectivity index (χ0) is 20.3. The Kier molecular flexibility index (Phi) is 6.24. The first-order valence-corrected chi connectivity index (χ1v) is 13.9. The quantitative estimate of drug-likeness (QED) is 0.233. The van der Waals surface area contributed by atoms with Crippen LogP contribution < -0.4 is 4.74 Å². The van der Waals surface area contributed by atoms with E-state index in [1.165, 1.54) is 36.8 Å². The van der Waals surface area contributed by atoms with Gasteiger partial charge in [-0.05, 0) is 60.0 Å². The van der Waals surface area contributed by atoms with Gasteiger partial charge in [0.15, 0.2) is 0 Å². The zero-order valence-corrected chi connectivity index (χ0v) is 18.6. The van der Waals surface area contributed by atoms with Gasteiger partial charge in [0, 0.05) is 13.6 Å². The third kappa shape index (κ3) is 5.02. The van der Waals surface area contributed by atoms with E-state index in [4.69, 9.17) is 4.74 Å². The Morgan fingerprint density at radius 1 is 0.893 bits per heavy atom. The molecule has 0 radical (unpaired) electrons. The second kappa shape index (κ2) is 8.48. The zero-order valence-electron chi connectivity index (χ0n) is 17.6. The van der Waals surface area contributed by atoms with Crippen molar-refractivity contribution in [2.75, 3.05) is 0 Å². The standard InChI is InChI=1S/C25H32O2Si/c1-18(2)25(26)27-23-14-10-21(11-15-23)19-6-8-20(9-7-19)22-12-16-24(17-13-22)28(3,4)5/h6-11,14-15,22,24H,1,12-13,16-17H2,2-5H3. The number of rotatable bonds is 5. The average molecular weight is 393 g/mol. The number of ether oxygens (including phenoxy) is 1. The minimum atomic E-state index is -0.998. The Hall–Kier alpha value is -2.13. The van der Waals surface area contributed by atoms with Gasteiger partial charge < -0.3 is 4.74 Å². The number of carbonyl (C=O) groups is 1. The van der Waals surface area contributed by atoms with Gasteiger partial charge in [-0.3, -0.25) is 0 Å². The lowest BCUT2D eigenvalue weighted by Gasteiger charge is -2.36. The van der Waals surface area contributed by atoms with Crippen LogP contribution in [0.25, 0.3) is 11.1 Å². The smallest absolute Gasteiger partial charge is 0.338 e. The van der Waals surface area contributed by atoms with E-state index < -0.39 is 8.07 Å². The van der Waals surface area contributed by atoms with E-state index in [9.17, 15) is 4.79 Å². The fraction of sp³-hybridized carbons (Fsp3) is 0.400. The molecule has 0 atom stereocenters. The second-order valence-electron chi connectivity index (χ2n) is 9.23. The van der Waals surface area contributed by atoms with Crippen molar-refractivity contribution in [2.45, 2.75) is 63.7 Å². The van der Waals surface area contributed by atoms with Crippen LogP contribution >= 0.6 is 0 Å². The molecule has 0 N–H and O–H groups in total. The summed E-state index contributed by atoms with van der Waals surface area (Å²) in [6, 6.07) is 16.7. The molecule has 1 fully saturated rings. The van der Waals surface area contributed by atoms with Gasteiger partial charge in [0.1, 0.15) is 5.75 Å². The molecule has 3 heteroatoms. The van der Waals surface area contributed by atoms with Crippen LogP contribution in [0.5, 0.6) is 5.75 Å². The monoisotopic (exact) mass is 392 g/mol. The lowest BCUT2D eigenvalue weighted by atomic mass is 9.83. The minimum Gasteiger partial charge on any atom is -0.423 e. The van der Waals surface area contributed by atoms with E-state index in [0.717, 1.165) is 11.1 Å². The molecule has 0 unspecified atom stereocenters. The molecular formula is C25H32O2Si. The van der Waals surface area contributed by atoms with Gasteiger partial charge in [0.2, 0.25) is 0 Å². The van der Waals surface area contributed by atoms with Crippen LogP contribution in [0.4, 0.5) is 0 Å². The van der Waals surface area contributed by atoms with Crippen molar-refractivity contribution in [3.05, 3.63) is 66.2 Å². The first kappa shape index (κ1) is 20.6. The molecule has 148 valence electrons. The molecule has 0 amide bonds. The molecule has 3 rings (SSSR count). The van der Waals surface area contributed by atoms with E-state index >= 15 is 0 Å². The molecular weight excluding hydrogens is 360 g/mol. The first-order chi connectivity index (χ1) is 13.2. The Morgan fingerprint density at radius 3 is 1.86 bits per heavy atom. The summed E-state index contributed by atoms with van der Waals surface area (Å²) in [4.78, 5) is 11.6. The number of benzene rings is 2. The predicted octanol–water partition coefficient (Wildman–Crippen LogP) is 7.20. The van der Waals surface area contributed by atoms with E-state index in [0.29, 0.717) is 17.2 Å². The van der Waals surface area contributed by atoms with Crippen LogP contribution in [0.3, 0.4) is 0 Å². The summed E-state index contributed by atoms with van der Waals surface area (Å²) in [5, 5.41) is 0. The topological polar surface area (TPSA) is 26.3 Å². The first-order valence-electron chi connectivity index (χ1n) is 10.3. The SMILES string of the molecule is C=C(C)C(=O)Oc1ccc(-c2ccc(C3CCC([Si](C)(C)C)CC3)cc2)cc1. The number of esters is 1. The lowest BCUT2D eigenvalue weighted by Crippen LogP contribution is -2.30. The normalized spacial score (nSPS) is 19.9. The lowest BCUT2D eigenvalue weighted by molar-refractivity contribution is -0.130. The van der Waals surface area contributed by atoms with Crippen LogP contribution in [0, 0.1) is 0 Å². The van der Waals surface area contributed by atoms with Crippen LogP contribution in [0.2, 0.25) is 25.2 Å². The van der Waals surface area contributed by atoms with Crippen molar-refractivity contribution in [1.82, 2.24) is 0 Å². The molecule has 0 aliphatic heterocycles. The highest BCUT2D eigenvalue weighted by molar-refractivity contribution is 6.77. The summed E-state index contributed by atoms with van der Waals surface area (Å²) in [7, 11) is -0.998. The Bertz CT molecular complexity index is 820. The van der Waals surface area contributed by atoms with E-state index in [2.05, 4.69) is 50.5 Å². The van der Waals surface area contributed by atoms with Crippen molar-refractivity contribution >= 4 is 14.0 Å². The Labute approximate surface area is 170 Å². The third-order valence-electron chi connectivity index (χ3n) is 6.08. The molecule has 1 aliphatic carbocycles. The average Bonchev–Trinajstić information content (AvgIpc) is 2.68. The summed E-state index contributed by atoms with van der Waals surface area (Å²) in [5.74, 6) is 0.874. The fourth-order valence-electron chi connectivity index (χ4n) is 4.15. The van der Waals surface area contributed by atoms with Gasteiger partial charge in [-0.25, -0.2) is 4.79 Å². The van der Waals surface area contributed by atoms with Crippen molar-refractivity contribution in [3.8, 4) is 16.9 Å². The number of hydrogen-bond donors (Lipinski definition) is 0. The van der Waals surface area contributed by atoms with Gasteiger partial charge >= 0.3 is 5.97 Å². The number of carbonyl (C=O) groups excluding carboxylic acids is 1. The molecule has 0 bridgehead atoms. The third-order valence-corrected chi connectivity index (χ3v) is 9.11. The maximum absolute atomic E-state index is 11.6. The van der Waals surface area contributed by atoms with E-state index in [1.54, 1.807) is 6.92 Å². The van der Waals surface area contributed by atoms with Crippen molar-refractivity contribution in [3.63, 3.8) is 0 Å². The molecule has 0 aromatic heterocycles. The van der Waals surface area contributed by atoms with Crippen molar-refractivity contribution < 1.29 is 9.53 Å². The molecule has 28 heavy (non-hydrogen) atoms. The maximum Gasteiger partial charge on any atom is 0.338 e. The van der Waals surface area contributed by atoms with Gasteiger partial charge in [-0.2, -0.15) is 0 Å². The van der Waals surface area contributed by atoms with Gasteiger partial charge in [-0.15, -0.1) is 0 Å².